The second-order valence-electron chi connectivity index (χ2n) is 5.85. The summed E-state index contributed by atoms with van der Waals surface area (Å²) in [7, 11) is 3.17. The van der Waals surface area contributed by atoms with Crippen molar-refractivity contribution in [2.45, 2.75) is 13.0 Å². The number of methoxy groups -OCH3 is 2. The van der Waals surface area contributed by atoms with E-state index in [4.69, 9.17) is 9.47 Å². The zero-order valence-corrected chi connectivity index (χ0v) is 14.0. The lowest BCUT2D eigenvalue weighted by molar-refractivity contribution is -0.117. The number of hydrogen-bond acceptors (Lipinski definition) is 4. The van der Waals surface area contributed by atoms with Crippen LogP contribution in [0.15, 0.2) is 42.5 Å². The number of benzene rings is 2. The zero-order valence-electron chi connectivity index (χ0n) is 14.0. The monoisotopic (exact) mass is 326 g/mol. The van der Waals surface area contributed by atoms with Gasteiger partial charge < -0.3 is 14.8 Å². The maximum absolute atomic E-state index is 12.3. The standard InChI is InChI=1S/C19H22N2O3/c1-23-17-8-7-16(11-18(17)24-2)20-19(22)13-21-10-9-14-5-3-4-6-15(14)12-21/h3-8,11H,9-10,12-13H2,1-2H3,(H,20,22). The Balaban J connectivity index is 1.60. The summed E-state index contributed by atoms with van der Waals surface area (Å²) in [4.78, 5) is 14.5. The van der Waals surface area contributed by atoms with Gasteiger partial charge in [-0.15, -0.1) is 0 Å². The molecule has 0 atom stereocenters. The molecule has 1 N–H and O–H groups in total. The first kappa shape index (κ1) is 16.3. The quantitative estimate of drug-likeness (QED) is 0.918. The number of hydrogen-bond donors (Lipinski definition) is 1. The van der Waals surface area contributed by atoms with Crippen LogP contribution in [0.1, 0.15) is 11.1 Å². The van der Waals surface area contributed by atoms with E-state index >= 15 is 0 Å². The SMILES string of the molecule is COc1ccc(NC(=O)CN2CCc3ccccc3C2)cc1OC. The number of nitrogens with zero attached hydrogens (tertiary/aromatic N) is 1. The molecule has 0 aliphatic carbocycles. The molecule has 5 nitrogen and oxygen atoms in total. The Kier molecular flexibility index (Phi) is 5.01. The van der Waals surface area contributed by atoms with Crippen molar-refractivity contribution in [1.82, 2.24) is 4.90 Å². The highest BCUT2D eigenvalue weighted by Gasteiger charge is 2.18. The Morgan fingerprint density at radius 1 is 1.08 bits per heavy atom. The smallest absolute Gasteiger partial charge is 0.238 e. The van der Waals surface area contributed by atoms with E-state index in [-0.39, 0.29) is 5.91 Å². The molecule has 1 aliphatic heterocycles. The van der Waals surface area contributed by atoms with Gasteiger partial charge in [0, 0.05) is 24.8 Å². The lowest BCUT2D eigenvalue weighted by Crippen LogP contribution is -2.37. The Hall–Kier alpha value is -2.53. The van der Waals surface area contributed by atoms with Gasteiger partial charge in [-0.1, -0.05) is 24.3 Å². The van der Waals surface area contributed by atoms with Crippen molar-refractivity contribution in [3.05, 3.63) is 53.6 Å². The molecule has 1 aliphatic rings. The number of fused-ring (bicyclic) bond motifs is 1. The summed E-state index contributed by atoms with van der Waals surface area (Å²) in [5.74, 6) is 1.21. The maximum atomic E-state index is 12.3. The van der Waals surface area contributed by atoms with Crippen LogP contribution in [0.2, 0.25) is 0 Å². The van der Waals surface area contributed by atoms with Gasteiger partial charge in [-0.25, -0.2) is 0 Å². The number of ether oxygens (including phenoxy) is 2. The molecule has 1 amide bonds. The summed E-state index contributed by atoms with van der Waals surface area (Å²) < 4.78 is 10.5. The first-order valence-electron chi connectivity index (χ1n) is 8.00. The molecule has 0 bridgehead atoms. The van der Waals surface area contributed by atoms with E-state index < -0.39 is 0 Å². The van der Waals surface area contributed by atoms with Crippen molar-refractivity contribution in [1.29, 1.82) is 0 Å². The van der Waals surface area contributed by atoms with Crippen molar-refractivity contribution < 1.29 is 14.3 Å². The van der Waals surface area contributed by atoms with Gasteiger partial charge in [-0.2, -0.15) is 0 Å². The summed E-state index contributed by atoms with van der Waals surface area (Å²) in [5, 5.41) is 2.92. The number of anilines is 1. The molecule has 0 saturated heterocycles. The summed E-state index contributed by atoms with van der Waals surface area (Å²) in [5.41, 5.74) is 3.40. The molecule has 24 heavy (non-hydrogen) atoms. The molecule has 0 fully saturated rings. The zero-order chi connectivity index (χ0) is 16.9. The maximum Gasteiger partial charge on any atom is 0.238 e. The second-order valence-corrected chi connectivity index (χ2v) is 5.85. The predicted molar refractivity (Wildman–Crippen MR) is 93.6 cm³/mol. The largest absolute Gasteiger partial charge is 0.493 e. The van der Waals surface area contributed by atoms with Crippen LogP contribution in [-0.2, 0) is 17.8 Å². The molecule has 0 unspecified atom stereocenters. The second kappa shape index (κ2) is 7.36. The molecule has 2 aromatic carbocycles. The summed E-state index contributed by atoms with van der Waals surface area (Å²) >= 11 is 0. The van der Waals surface area contributed by atoms with Crippen LogP contribution in [-0.4, -0.2) is 38.1 Å². The van der Waals surface area contributed by atoms with E-state index in [1.807, 2.05) is 12.1 Å². The molecule has 5 heteroatoms. The van der Waals surface area contributed by atoms with Crippen LogP contribution in [0.3, 0.4) is 0 Å². The molecule has 0 radical (unpaired) electrons. The summed E-state index contributed by atoms with van der Waals surface area (Å²) in [6.45, 7) is 2.09. The van der Waals surface area contributed by atoms with Gasteiger partial charge in [0.25, 0.3) is 0 Å². The molecular weight excluding hydrogens is 304 g/mol. The van der Waals surface area contributed by atoms with Crippen molar-refractivity contribution in [3.8, 4) is 11.5 Å². The molecule has 0 saturated carbocycles. The fourth-order valence-electron chi connectivity index (χ4n) is 3.01. The van der Waals surface area contributed by atoms with Gasteiger partial charge in [-0.05, 0) is 29.7 Å². The first-order chi connectivity index (χ1) is 11.7. The number of amides is 1. The molecular formula is C19H22N2O3. The third-order valence-corrected chi connectivity index (χ3v) is 4.24. The normalized spacial score (nSPS) is 13.9. The van der Waals surface area contributed by atoms with Crippen molar-refractivity contribution in [3.63, 3.8) is 0 Å². The molecule has 126 valence electrons. The first-order valence-corrected chi connectivity index (χ1v) is 8.00. The van der Waals surface area contributed by atoms with Crippen molar-refractivity contribution in [2.75, 3.05) is 32.6 Å². The van der Waals surface area contributed by atoms with Crippen molar-refractivity contribution >= 4 is 11.6 Å². The number of rotatable bonds is 5. The lowest BCUT2D eigenvalue weighted by atomic mass is 10.00. The van der Waals surface area contributed by atoms with E-state index in [1.165, 1.54) is 11.1 Å². The minimum atomic E-state index is -0.0263. The van der Waals surface area contributed by atoms with E-state index in [1.54, 1.807) is 26.4 Å². The average molecular weight is 326 g/mol. The minimum Gasteiger partial charge on any atom is -0.493 e. The predicted octanol–water partition coefficient (Wildman–Crippen LogP) is 2.70. The fourth-order valence-corrected chi connectivity index (χ4v) is 3.01. The van der Waals surface area contributed by atoms with E-state index in [0.29, 0.717) is 23.7 Å². The minimum absolute atomic E-state index is 0.0263. The van der Waals surface area contributed by atoms with Crippen LogP contribution < -0.4 is 14.8 Å². The molecule has 0 aromatic heterocycles. The van der Waals surface area contributed by atoms with Gasteiger partial charge in [0.2, 0.25) is 5.91 Å². The van der Waals surface area contributed by atoms with Crippen LogP contribution in [0.4, 0.5) is 5.69 Å². The van der Waals surface area contributed by atoms with Crippen LogP contribution in [0.5, 0.6) is 11.5 Å². The Morgan fingerprint density at radius 3 is 2.58 bits per heavy atom. The third kappa shape index (κ3) is 3.68. The van der Waals surface area contributed by atoms with Gasteiger partial charge >= 0.3 is 0 Å². The van der Waals surface area contributed by atoms with E-state index in [0.717, 1.165) is 19.5 Å². The Bertz CT molecular complexity index is 730. The summed E-state index contributed by atoms with van der Waals surface area (Å²) in [6.07, 6.45) is 0.986. The molecule has 1 heterocycles. The number of nitrogens with one attached hydrogen (secondary N) is 1. The number of carbonyl (C=O) groups excluding carboxylic acids is 1. The Morgan fingerprint density at radius 2 is 1.83 bits per heavy atom. The molecule has 3 rings (SSSR count). The topological polar surface area (TPSA) is 50.8 Å². The van der Waals surface area contributed by atoms with Gasteiger partial charge in [0.05, 0.1) is 20.8 Å². The van der Waals surface area contributed by atoms with Crippen LogP contribution >= 0.6 is 0 Å². The van der Waals surface area contributed by atoms with E-state index in [9.17, 15) is 4.79 Å². The third-order valence-electron chi connectivity index (χ3n) is 4.24. The van der Waals surface area contributed by atoms with Gasteiger partial charge in [0.15, 0.2) is 11.5 Å². The summed E-state index contributed by atoms with van der Waals surface area (Å²) in [6, 6.07) is 13.8. The highest BCUT2D eigenvalue weighted by Crippen LogP contribution is 2.29. The Labute approximate surface area is 142 Å². The molecule has 0 spiro atoms. The molecule has 2 aromatic rings. The van der Waals surface area contributed by atoms with Gasteiger partial charge in [0.1, 0.15) is 0 Å². The van der Waals surface area contributed by atoms with Crippen LogP contribution in [0.25, 0.3) is 0 Å². The number of carbonyl (C=O) groups is 1. The van der Waals surface area contributed by atoms with Crippen LogP contribution in [0, 0.1) is 0 Å². The van der Waals surface area contributed by atoms with E-state index in [2.05, 4.69) is 28.4 Å². The lowest BCUT2D eigenvalue weighted by Gasteiger charge is -2.28. The van der Waals surface area contributed by atoms with Gasteiger partial charge in [-0.3, -0.25) is 9.69 Å². The fraction of sp³-hybridized carbons (Fsp3) is 0.316. The highest BCUT2D eigenvalue weighted by atomic mass is 16.5. The highest BCUT2D eigenvalue weighted by molar-refractivity contribution is 5.92. The van der Waals surface area contributed by atoms with Crippen molar-refractivity contribution in [2.24, 2.45) is 0 Å². The average Bonchev–Trinajstić information content (AvgIpc) is 2.61.